The Morgan fingerprint density at radius 2 is 2.27 bits per heavy atom. The minimum atomic E-state index is 0.277. The Labute approximate surface area is 68.8 Å². The van der Waals surface area contributed by atoms with E-state index in [-0.39, 0.29) is 5.92 Å². The molecule has 1 aliphatic rings. The first-order chi connectivity index (χ1) is 5.26. The Balaban J connectivity index is 2.45. The molecule has 11 heavy (non-hydrogen) atoms. The van der Waals surface area contributed by atoms with E-state index in [1.54, 1.807) is 0 Å². The van der Waals surface area contributed by atoms with Crippen LogP contribution in [0.5, 0.6) is 0 Å². The fourth-order valence-electron chi connectivity index (χ4n) is 1.81. The van der Waals surface area contributed by atoms with Gasteiger partial charge in [0.2, 0.25) is 0 Å². The standard InChI is InChI=1S/C9H16N2/c1-3-11-6-8(2)4-9(5-10)7-11/h8-9H,3-4,6-7H2,1-2H3. The quantitative estimate of drug-likeness (QED) is 0.569. The second-order valence-electron chi connectivity index (χ2n) is 3.52. The molecule has 0 aromatic heterocycles. The lowest BCUT2D eigenvalue weighted by atomic mass is 9.92. The molecule has 2 heteroatoms. The highest BCUT2D eigenvalue weighted by molar-refractivity contribution is 4.90. The summed E-state index contributed by atoms with van der Waals surface area (Å²) in [7, 11) is 0. The maximum absolute atomic E-state index is 8.75. The smallest absolute Gasteiger partial charge is 0.0669 e. The van der Waals surface area contributed by atoms with Gasteiger partial charge in [-0.3, -0.25) is 0 Å². The Morgan fingerprint density at radius 1 is 1.55 bits per heavy atom. The second-order valence-corrected chi connectivity index (χ2v) is 3.52. The molecule has 2 nitrogen and oxygen atoms in total. The normalized spacial score (nSPS) is 33.2. The second kappa shape index (κ2) is 3.73. The van der Waals surface area contributed by atoms with Gasteiger partial charge >= 0.3 is 0 Å². The molecule has 0 aromatic carbocycles. The average Bonchev–Trinajstić information content (AvgIpc) is 2.03. The van der Waals surface area contributed by atoms with E-state index in [9.17, 15) is 0 Å². The fraction of sp³-hybridized carbons (Fsp3) is 0.889. The van der Waals surface area contributed by atoms with E-state index in [2.05, 4.69) is 24.8 Å². The Hall–Kier alpha value is -0.550. The molecule has 2 unspecified atom stereocenters. The van der Waals surface area contributed by atoms with Gasteiger partial charge in [0, 0.05) is 13.1 Å². The maximum Gasteiger partial charge on any atom is 0.0669 e. The molecule has 0 radical (unpaired) electrons. The molecule has 0 saturated carbocycles. The van der Waals surface area contributed by atoms with Crippen molar-refractivity contribution in [2.45, 2.75) is 20.3 Å². The fourth-order valence-corrected chi connectivity index (χ4v) is 1.81. The lowest BCUT2D eigenvalue weighted by molar-refractivity contribution is 0.163. The van der Waals surface area contributed by atoms with Crippen molar-refractivity contribution < 1.29 is 0 Å². The molecule has 1 fully saturated rings. The topological polar surface area (TPSA) is 27.0 Å². The van der Waals surface area contributed by atoms with Gasteiger partial charge < -0.3 is 4.90 Å². The number of hydrogen-bond donors (Lipinski definition) is 0. The van der Waals surface area contributed by atoms with E-state index in [4.69, 9.17) is 5.26 Å². The third kappa shape index (κ3) is 2.20. The summed E-state index contributed by atoms with van der Waals surface area (Å²) >= 11 is 0. The highest BCUT2D eigenvalue weighted by atomic mass is 15.1. The first kappa shape index (κ1) is 8.55. The van der Waals surface area contributed by atoms with Crippen LogP contribution < -0.4 is 0 Å². The number of hydrogen-bond acceptors (Lipinski definition) is 2. The molecular weight excluding hydrogens is 136 g/mol. The van der Waals surface area contributed by atoms with Crippen molar-refractivity contribution in [1.82, 2.24) is 4.90 Å². The summed E-state index contributed by atoms with van der Waals surface area (Å²) in [5, 5.41) is 8.75. The van der Waals surface area contributed by atoms with E-state index in [1.807, 2.05) is 0 Å². The molecule has 1 heterocycles. The zero-order valence-electron chi connectivity index (χ0n) is 7.38. The van der Waals surface area contributed by atoms with Crippen LogP contribution in [0.25, 0.3) is 0 Å². The molecule has 1 saturated heterocycles. The predicted molar refractivity (Wildman–Crippen MR) is 45.0 cm³/mol. The summed E-state index contributed by atoms with van der Waals surface area (Å²) in [6, 6.07) is 2.36. The molecule has 2 atom stereocenters. The zero-order valence-corrected chi connectivity index (χ0v) is 7.38. The van der Waals surface area contributed by atoms with Crippen molar-refractivity contribution in [3.8, 4) is 6.07 Å². The van der Waals surface area contributed by atoms with Crippen LogP contribution in [0.2, 0.25) is 0 Å². The summed E-state index contributed by atoms with van der Waals surface area (Å²) in [4.78, 5) is 2.36. The summed E-state index contributed by atoms with van der Waals surface area (Å²) < 4.78 is 0. The van der Waals surface area contributed by atoms with Gasteiger partial charge in [-0.15, -0.1) is 0 Å². The summed E-state index contributed by atoms with van der Waals surface area (Å²) in [6.07, 6.45) is 1.09. The van der Waals surface area contributed by atoms with Crippen molar-refractivity contribution in [3.63, 3.8) is 0 Å². The number of rotatable bonds is 1. The van der Waals surface area contributed by atoms with Gasteiger partial charge in [-0.2, -0.15) is 5.26 Å². The van der Waals surface area contributed by atoms with Gasteiger partial charge in [0.15, 0.2) is 0 Å². The lowest BCUT2D eigenvalue weighted by Crippen LogP contribution is -2.38. The molecule has 0 bridgehead atoms. The van der Waals surface area contributed by atoms with Crippen molar-refractivity contribution in [1.29, 1.82) is 5.26 Å². The van der Waals surface area contributed by atoms with Crippen LogP contribution in [0, 0.1) is 23.2 Å². The van der Waals surface area contributed by atoms with E-state index < -0.39 is 0 Å². The Bertz CT molecular complexity index is 159. The van der Waals surface area contributed by atoms with Crippen LogP contribution in [0.3, 0.4) is 0 Å². The minimum Gasteiger partial charge on any atom is -0.302 e. The van der Waals surface area contributed by atoms with Crippen LogP contribution in [-0.4, -0.2) is 24.5 Å². The van der Waals surface area contributed by atoms with Crippen LogP contribution >= 0.6 is 0 Å². The summed E-state index contributed by atoms with van der Waals surface area (Å²) in [5.74, 6) is 0.979. The van der Waals surface area contributed by atoms with E-state index in [1.165, 1.54) is 6.54 Å². The predicted octanol–water partition coefficient (Wildman–Crippen LogP) is 1.49. The summed E-state index contributed by atoms with van der Waals surface area (Å²) in [6.45, 7) is 7.63. The molecule has 62 valence electrons. The van der Waals surface area contributed by atoms with Crippen LogP contribution in [0.1, 0.15) is 20.3 Å². The van der Waals surface area contributed by atoms with E-state index in [0.29, 0.717) is 5.92 Å². The first-order valence-corrected chi connectivity index (χ1v) is 4.38. The summed E-state index contributed by atoms with van der Waals surface area (Å²) in [5.41, 5.74) is 0. The molecule has 1 rings (SSSR count). The van der Waals surface area contributed by atoms with Crippen molar-refractivity contribution in [3.05, 3.63) is 0 Å². The molecule has 0 spiro atoms. The highest BCUT2D eigenvalue weighted by Gasteiger charge is 2.22. The third-order valence-corrected chi connectivity index (χ3v) is 2.37. The number of nitrogens with zero attached hydrogens (tertiary/aromatic N) is 2. The molecule has 1 aliphatic heterocycles. The largest absolute Gasteiger partial charge is 0.302 e. The van der Waals surface area contributed by atoms with Crippen molar-refractivity contribution >= 4 is 0 Å². The number of nitriles is 1. The SMILES string of the molecule is CCN1CC(C)CC(C#N)C1. The molecule has 0 amide bonds. The Kier molecular flexibility index (Phi) is 2.90. The minimum absolute atomic E-state index is 0.277. The van der Waals surface area contributed by atoms with Gasteiger partial charge in [0.25, 0.3) is 0 Å². The van der Waals surface area contributed by atoms with Crippen LogP contribution in [0.4, 0.5) is 0 Å². The zero-order chi connectivity index (χ0) is 8.27. The van der Waals surface area contributed by atoms with Crippen LogP contribution in [-0.2, 0) is 0 Å². The average molecular weight is 152 g/mol. The maximum atomic E-state index is 8.75. The van der Waals surface area contributed by atoms with Gasteiger partial charge in [-0.1, -0.05) is 13.8 Å². The molecule has 0 aliphatic carbocycles. The van der Waals surface area contributed by atoms with Gasteiger partial charge in [-0.05, 0) is 18.9 Å². The van der Waals surface area contributed by atoms with E-state index >= 15 is 0 Å². The number of piperidine rings is 1. The Morgan fingerprint density at radius 3 is 2.82 bits per heavy atom. The first-order valence-electron chi connectivity index (χ1n) is 4.38. The monoisotopic (exact) mass is 152 g/mol. The molecule has 0 aromatic rings. The van der Waals surface area contributed by atoms with Crippen LogP contribution in [0.15, 0.2) is 0 Å². The van der Waals surface area contributed by atoms with Gasteiger partial charge in [0.05, 0.1) is 12.0 Å². The highest BCUT2D eigenvalue weighted by Crippen LogP contribution is 2.20. The van der Waals surface area contributed by atoms with Gasteiger partial charge in [0.1, 0.15) is 0 Å². The molecular formula is C9H16N2. The van der Waals surface area contributed by atoms with E-state index in [0.717, 1.165) is 19.5 Å². The number of likely N-dealkylation sites (tertiary alicyclic amines) is 1. The molecule has 0 N–H and O–H groups in total. The third-order valence-electron chi connectivity index (χ3n) is 2.37. The lowest BCUT2D eigenvalue weighted by Gasteiger charge is -2.32. The van der Waals surface area contributed by atoms with Gasteiger partial charge in [-0.25, -0.2) is 0 Å². The van der Waals surface area contributed by atoms with Crippen molar-refractivity contribution in [2.75, 3.05) is 19.6 Å². The van der Waals surface area contributed by atoms with Crippen molar-refractivity contribution in [2.24, 2.45) is 11.8 Å².